The van der Waals surface area contributed by atoms with Crippen LogP contribution in [0.2, 0.25) is 19.6 Å². The molecule has 10 rings (SSSR count). The molecule has 1 radical (unpaired) electrons. The molecule has 3 aliphatic carbocycles. The Labute approximate surface area is 365 Å². The van der Waals surface area contributed by atoms with Crippen molar-refractivity contribution >= 4 is 44.8 Å². The van der Waals surface area contributed by atoms with E-state index in [0.717, 1.165) is 24.2 Å². The van der Waals surface area contributed by atoms with Gasteiger partial charge in [0.15, 0.2) is 0 Å². The van der Waals surface area contributed by atoms with Gasteiger partial charge in [-0.05, 0) is 137 Å². The van der Waals surface area contributed by atoms with Gasteiger partial charge in [0.1, 0.15) is 0 Å². The van der Waals surface area contributed by atoms with Crippen LogP contribution in [-0.4, -0.2) is 18.0 Å². The molecule has 0 spiro atoms. The maximum Gasteiger partial charge on any atom is 0.0798 e. The van der Waals surface area contributed by atoms with Crippen molar-refractivity contribution in [3.63, 3.8) is 0 Å². The number of nitrogens with zero attached hydrogens (tertiary/aromatic N) is 2. The second-order valence-electron chi connectivity index (χ2n) is 18.2. The zero-order valence-electron chi connectivity index (χ0n) is 35.0. The first-order valence-electron chi connectivity index (χ1n) is 21.7. The third kappa shape index (κ3) is 8.22. The second-order valence-corrected chi connectivity index (χ2v) is 24.3. The van der Waals surface area contributed by atoms with Crippen molar-refractivity contribution in [1.82, 2.24) is 9.97 Å². The van der Waals surface area contributed by atoms with E-state index in [-0.39, 0.29) is 20.1 Å². The Balaban J connectivity index is 0.000000168. The largest absolute Gasteiger partial charge is 0.305 e. The molecule has 4 aromatic carbocycles. The van der Waals surface area contributed by atoms with E-state index in [1.165, 1.54) is 146 Å². The molecule has 58 heavy (non-hydrogen) atoms. The van der Waals surface area contributed by atoms with Gasteiger partial charge < -0.3 is 9.97 Å². The molecule has 0 bridgehead atoms. The number of benzene rings is 4. The van der Waals surface area contributed by atoms with Crippen LogP contribution < -0.4 is 5.19 Å². The summed E-state index contributed by atoms with van der Waals surface area (Å²) in [5, 5.41) is 4.22. The summed E-state index contributed by atoms with van der Waals surface area (Å²) in [5.41, 5.74) is 18.1. The quantitative estimate of drug-likeness (QED) is 0.123. The van der Waals surface area contributed by atoms with E-state index in [1.54, 1.807) is 11.1 Å². The van der Waals surface area contributed by atoms with Gasteiger partial charge in [-0.2, -0.15) is 11.3 Å². The van der Waals surface area contributed by atoms with Gasteiger partial charge in [0.25, 0.3) is 0 Å². The minimum atomic E-state index is -1.37. The van der Waals surface area contributed by atoms with E-state index in [0.29, 0.717) is 5.92 Å². The third-order valence-corrected chi connectivity index (χ3v) is 15.9. The summed E-state index contributed by atoms with van der Waals surface area (Å²) in [4.78, 5) is 9.77. The summed E-state index contributed by atoms with van der Waals surface area (Å²) in [6.45, 7) is 11.9. The van der Waals surface area contributed by atoms with Crippen LogP contribution in [0.15, 0.2) is 85.2 Å². The van der Waals surface area contributed by atoms with Crippen molar-refractivity contribution in [2.45, 2.75) is 117 Å². The normalized spacial score (nSPS) is 14.9. The number of aromatic nitrogens is 2. The Hall–Kier alpha value is -3.73. The van der Waals surface area contributed by atoms with Gasteiger partial charge in [0, 0.05) is 37.2 Å². The molecule has 3 aromatic heterocycles. The number of hydrogen-bond donors (Lipinski definition) is 0. The smallest absolute Gasteiger partial charge is 0.0798 e. The van der Waals surface area contributed by atoms with Crippen molar-refractivity contribution in [3.05, 3.63) is 136 Å². The molecule has 0 amide bonds. The predicted octanol–water partition coefficient (Wildman–Crippen LogP) is 13.5. The van der Waals surface area contributed by atoms with E-state index in [9.17, 15) is 0 Å². The van der Waals surface area contributed by atoms with Crippen LogP contribution in [0.25, 0.3) is 53.8 Å². The molecule has 3 heterocycles. The molecule has 0 saturated heterocycles. The summed E-state index contributed by atoms with van der Waals surface area (Å²) in [5.74, 6) is 0.670. The predicted molar refractivity (Wildman–Crippen MR) is 247 cm³/mol. The molecule has 0 unspecified atom stereocenters. The van der Waals surface area contributed by atoms with Crippen LogP contribution >= 0.6 is 11.3 Å². The van der Waals surface area contributed by atoms with Crippen molar-refractivity contribution < 1.29 is 20.1 Å². The Morgan fingerprint density at radius 1 is 0.672 bits per heavy atom. The minimum Gasteiger partial charge on any atom is -0.305 e. The minimum absolute atomic E-state index is 0. The molecule has 0 atom stereocenters. The third-order valence-electron chi connectivity index (χ3n) is 12.7. The van der Waals surface area contributed by atoms with E-state index < -0.39 is 8.07 Å². The molecular formula is C53H56IrN2SSi-2. The monoisotopic (exact) mass is 973 g/mol. The van der Waals surface area contributed by atoms with Crippen LogP contribution in [0.3, 0.4) is 0 Å². The summed E-state index contributed by atoms with van der Waals surface area (Å²) in [6, 6.07) is 34.3. The molecule has 2 nitrogen and oxygen atoms in total. The SMILES string of the molecule is CC(C)Cc1cc(-c2[c-]ccc3c2CCCC3)ncc1[Si](C)(C)C.[Ir].[c-]1ccc2c(sc3ccc(-c4cccc5c4CCCC5)cc32)c1-c1nccc2c1CCCC2. The summed E-state index contributed by atoms with van der Waals surface area (Å²) >= 11 is 1.90. The van der Waals surface area contributed by atoms with Crippen molar-refractivity contribution in [3.8, 4) is 33.6 Å². The molecule has 299 valence electrons. The number of rotatable bonds is 6. The second kappa shape index (κ2) is 17.5. The molecule has 0 fully saturated rings. The fourth-order valence-electron chi connectivity index (χ4n) is 9.87. The summed E-state index contributed by atoms with van der Waals surface area (Å²) in [7, 11) is -1.37. The van der Waals surface area contributed by atoms with Crippen LogP contribution in [0, 0.1) is 18.1 Å². The maximum absolute atomic E-state index is 4.89. The van der Waals surface area contributed by atoms with Crippen molar-refractivity contribution in [2.24, 2.45) is 5.92 Å². The van der Waals surface area contributed by atoms with Gasteiger partial charge in [0.2, 0.25) is 0 Å². The van der Waals surface area contributed by atoms with Crippen LogP contribution in [0.1, 0.15) is 91.3 Å². The first-order valence-corrected chi connectivity index (χ1v) is 26.0. The fraction of sp³-hybridized carbons (Fsp3) is 0.358. The average molecular weight is 973 g/mol. The van der Waals surface area contributed by atoms with Gasteiger partial charge in [-0.15, -0.1) is 58.7 Å². The van der Waals surface area contributed by atoms with Crippen molar-refractivity contribution in [2.75, 3.05) is 0 Å². The van der Waals surface area contributed by atoms with E-state index >= 15 is 0 Å². The van der Waals surface area contributed by atoms with Gasteiger partial charge in [0.05, 0.1) is 8.07 Å². The van der Waals surface area contributed by atoms with E-state index in [2.05, 4.69) is 125 Å². The number of hydrogen-bond acceptors (Lipinski definition) is 3. The number of fused-ring (bicyclic) bond motifs is 6. The molecular weight excluding hydrogens is 917 g/mol. The Morgan fingerprint density at radius 2 is 1.34 bits per heavy atom. The number of pyridine rings is 2. The molecule has 0 saturated carbocycles. The number of aryl methyl sites for hydroxylation is 3. The molecule has 5 heteroatoms. The standard InChI is InChI=1S/C31H26NS.C22H30NSi.Ir/c1-3-10-23-20(7-1)9-5-12-24(23)22-15-16-29-28(19-22)26-13-6-14-27(31(26)33-29)30-25-11-4-2-8-21(25)17-18-32-30;1-16(2)13-18-14-21(23-15-22(18)24(3,4)5)20-12-8-10-17-9-6-7-11-19(17)20;/h5-6,9,12-13,15-19H,1-4,7-8,10-11H2;8,10,14-16H,6-7,9,11,13H2,1-5H3;/q2*-1;. The fourth-order valence-corrected chi connectivity index (χ4v) is 12.6. The van der Waals surface area contributed by atoms with Gasteiger partial charge in [-0.3, -0.25) is 0 Å². The first-order chi connectivity index (χ1) is 27.7. The van der Waals surface area contributed by atoms with Crippen LogP contribution in [0.4, 0.5) is 0 Å². The average Bonchev–Trinajstić information content (AvgIpc) is 3.61. The van der Waals surface area contributed by atoms with Gasteiger partial charge >= 0.3 is 0 Å². The van der Waals surface area contributed by atoms with E-state index in [4.69, 9.17) is 9.97 Å². The number of thiophene rings is 1. The van der Waals surface area contributed by atoms with Crippen molar-refractivity contribution in [1.29, 1.82) is 0 Å². The zero-order valence-corrected chi connectivity index (χ0v) is 39.2. The first kappa shape index (κ1) is 41.0. The van der Waals surface area contributed by atoms with Gasteiger partial charge in [-0.25, -0.2) is 0 Å². The van der Waals surface area contributed by atoms with Gasteiger partial charge in [-0.1, -0.05) is 105 Å². The Morgan fingerprint density at radius 3 is 2.10 bits per heavy atom. The summed E-state index contributed by atoms with van der Waals surface area (Å²) in [6.07, 6.45) is 20.2. The maximum atomic E-state index is 4.89. The molecule has 7 aromatic rings. The molecule has 3 aliphatic rings. The van der Waals surface area contributed by atoms with Crippen LogP contribution in [-0.2, 0) is 65.1 Å². The van der Waals surface area contributed by atoms with E-state index in [1.807, 2.05) is 17.5 Å². The Bertz CT molecular complexity index is 2600. The summed E-state index contributed by atoms with van der Waals surface area (Å²) < 4.78 is 2.68. The van der Waals surface area contributed by atoms with Crippen LogP contribution in [0.5, 0.6) is 0 Å². The topological polar surface area (TPSA) is 25.8 Å². The zero-order chi connectivity index (χ0) is 39.1. The Kier molecular flexibility index (Phi) is 12.4. The molecule has 0 N–H and O–H groups in total. The molecule has 0 aliphatic heterocycles.